The van der Waals surface area contributed by atoms with Crippen molar-refractivity contribution in [3.63, 3.8) is 0 Å². The minimum Gasteiger partial charge on any atom is -0.299 e. The molecule has 0 spiro atoms. The lowest BCUT2D eigenvalue weighted by molar-refractivity contribution is -0.385. The van der Waals surface area contributed by atoms with Gasteiger partial charge in [0.1, 0.15) is 12.0 Å². The number of aromatic nitrogens is 1. The van der Waals surface area contributed by atoms with Crippen LogP contribution in [0.5, 0.6) is 0 Å². The van der Waals surface area contributed by atoms with E-state index in [0.29, 0.717) is 17.7 Å². The zero-order valence-electron chi connectivity index (χ0n) is 9.71. The Kier molecular flexibility index (Phi) is 2.02. The van der Waals surface area contributed by atoms with Gasteiger partial charge in [-0.3, -0.25) is 14.9 Å². The highest BCUT2D eigenvalue weighted by molar-refractivity contribution is 6.09. The Morgan fingerprint density at radius 2 is 2.33 bits per heavy atom. The van der Waals surface area contributed by atoms with Gasteiger partial charge in [0.2, 0.25) is 0 Å². The van der Waals surface area contributed by atoms with Gasteiger partial charge in [-0.2, -0.15) is 0 Å². The molecule has 1 aromatic heterocycles. The van der Waals surface area contributed by atoms with Crippen molar-refractivity contribution in [2.45, 2.75) is 18.8 Å². The monoisotopic (exact) mass is 242 g/mol. The van der Waals surface area contributed by atoms with E-state index in [2.05, 4.69) is 4.98 Å². The van der Waals surface area contributed by atoms with E-state index >= 15 is 0 Å². The Morgan fingerprint density at radius 1 is 1.56 bits per heavy atom. The minimum absolute atomic E-state index is 0.00731. The number of allylic oxidation sites excluding steroid dienone is 4. The van der Waals surface area contributed by atoms with Crippen LogP contribution in [-0.4, -0.2) is 15.7 Å². The number of pyridine rings is 1. The number of nitrogens with zero attached hydrogens (tertiary/aromatic N) is 2. The molecule has 5 nitrogen and oxygen atoms in total. The van der Waals surface area contributed by atoms with E-state index in [1.807, 2.05) is 18.2 Å². The maximum atomic E-state index is 12.0. The number of Topliss-reactive ketones (excluding diaryl/α,β-unsaturated/α-hetero) is 1. The summed E-state index contributed by atoms with van der Waals surface area (Å²) >= 11 is 0. The average Bonchev–Trinajstić information content (AvgIpc) is 2.34. The number of carbonyl (C=O) groups is 1. The number of carbonyl (C=O) groups excluding carboxylic acids is 1. The van der Waals surface area contributed by atoms with Gasteiger partial charge < -0.3 is 0 Å². The van der Waals surface area contributed by atoms with Gasteiger partial charge in [0.05, 0.1) is 16.0 Å². The first kappa shape index (κ1) is 10.8. The molecule has 5 heteroatoms. The van der Waals surface area contributed by atoms with Crippen LogP contribution < -0.4 is 0 Å². The largest absolute Gasteiger partial charge is 0.299 e. The molecule has 0 bridgehead atoms. The van der Waals surface area contributed by atoms with E-state index in [9.17, 15) is 14.9 Å². The highest BCUT2D eigenvalue weighted by Crippen LogP contribution is 2.55. The third-order valence-electron chi connectivity index (χ3n) is 3.68. The molecule has 1 atom stereocenters. The summed E-state index contributed by atoms with van der Waals surface area (Å²) in [5.74, 6) is 0.00731. The van der Waals surface area contributed by atoms with E-state index in [1.165, 1.54) is 19.2 Å². The molecule has 0 radical (unpaired) electrons. The van der Waals surface area contributed by atoms with Crippen LogP contribution in [0, 0.1) is 10.1 Å². The quantitative estimate of drug-likeness (QED) is 0.588. The lowest BCUT2D eigenvalue weighted by atomic mass is 9.57. The second-order valence-electron chi connectivity index (χ2n) is 4.52. The molecule has 0 amide bonds. The summed E-state index contributed by atoms with van der Waals surface area (Å²) in [7, 11) is 0. The van der Waals surface area contributed by atoms with Crippen LogP contribution in [0.2, 0.25) is 0 Å². The number of hydrogen-bond acceptors (Lipinski definition) is 4. The van der Waals surface area contributed by atoms with Gasteiger partial charge in [-0.1, -0.05) is 18.2 Å². The van der Waals surface area contributed by atoms with Crippen LogP contribution >= 0.6 is 0 Å². The van der Waals surface area contributed by atoms with E-state index in [0.717, 1.165) is 5.57 Å². The maximum Gasteiger partial charge on any atom is 0.287 e. The van der Waals surface area contributed by atoms with Gasteiger partial charge in [-0.15, -0.1) is 0 Å². The second kappa shape index (κ2) is 3.35. The summed E-state index contributed by atoms with van der Waals surface area (Å²) in [5.41, 5.74) is 1.49. The van der Waals surface area contributed by atoms with Crippen molar-refractivity contribution in [2.24, 2.45) is 0 Å². The van der Waals surface area contributed by atoms with E-state index < -0.39 is 10.3 Å². The van der Waals surface area contributed by atoms with Gasteiger partial charge in [0.15, 0.2) is 0 Å². The summed E-state index contributed by atoms with van der Waals surface area (Å²) < 4.78 is 0. The first-order chi connectivity index (χ1) is 8.57. The predicted octanol–water partition coefficient (Wildman–Crippen LogP) is 2.17. The SMILES string of the molecule is CC(=O)C12CC=CC=C1c1ncc([N+](=O)[O-])cc12. The zero-order valence-corrected chi connectivity index (χ0v) is 9.71. The third kappa shape index (κ3) is 1.11. The Balaban J connectivity index is 2.23. The third-order valence-corrected chi connectivity index (χ3v) is 3.68. The fraction of sp³-hybridized carbons (Fsp3) is 0.231. The second-order valence-corrected chi connectivity index (χ2v) is 4.52. The molecule has 1 aromatic rings. The van der Waals surface area contributed by atoms with E-state index in [4.69, 9.17) is 0 Å². The minimum atomic E-state index is -0.705. The van der Waals surface area contributed by atoms with Crippen molar-refractivity contribution in [1.29, 1.82) is 0 Å². The molecule has 3 rings (SSSR count). The molecule has 0 aliphatic heterocycles. The summed E-state index contributed by atoms with van der Waals surface area (Å²) in [6, 6.07) is 1.47. The Hall–Kier alpha value is -2.30. The normalized spacial score (nSPS) is 23.5. The summed E-state index contributed by atoms with van der Waals surface area (Å²) in [6.07, 6.45) is 7.47. The number of nitro groups is 1. The summed E-state index contributed by atoms with van der Waals surface area (Å²) in [6.45, 7) is 1.52. The van der Waals surface area contributed by atoms with Crippen molar-refractivity contribution < 1.29 is 9.72 Å². The molecular weight excluding hydrogens is 232 g/mol. The topological polar surface area (TPSA) is 73.1 Å². The average molecular weight is 242 g/mol. The van der Waals surface area contributed by atoms with Crippen LogP contribution in [0.4, 0.5) is 5.69 Å². The first-order valence-corrected chi connectivity index (χ1v) is 5.61. The molecule has 0 N–H and O–H groups in total. The smallest absolute Gasteiger partial charge is 0.287 e. The summed E-state index contributed by atoms with van der Waals surface area (Å²) in [5, 5.41) is 10.8. The highest BCUT2D eigenvalue weighted by Gasteiger charge is 2.52. The first-order valence-electron chi connectivity index (χ1n) is 5.61. The van der Waals surface area contributed by atoms with E-state index in [-0.39, 0.29) is 11.5 Å². The highest BCUT2D eigenvalue weighted by atomic mass is 16.6. The fourth-order valence-electron chi connectivity index (χ4n) is 2.75. The molecule has 1 heterocycles. The Morgan fingerprint density at radius 3 is 3.00 bits per heavy atom. The molecular formula is C13H10N2O3. The number of hydrogen-bond donors (Lipinski definition) is 0. The Labute approximate surface area is 103 Å². The molecule has 2 aliphatic carbocycles. The van der Waals surface area contributed by atoms with Gasteiger partial charge in [-0.25, -0.2) is 4.98 Å². The van der Waals surface area contributed by atoms with Gasteiger partial charge in [-0.05, 0) is 18.9 Å². The lowest BCUT2D eigenvalue weighted by Gasteiger charge is -2.44. The van der Waals surface area contributed by atoms with Crippen molar-refractivity contribution in [3.05, 3.63) is 51.9 Å². The number of fused-ring (bicyclic) bond motifs is 4. The van der Waals surface area contributed by atoms with E-state index in [1.54, 1.807) is 0 Å². The molecule has 90 valence electrons. The van der Waals surface area contributed by atoms with Crippen molar-refractivity contribution in [3.8, 4) is 0 Å². The van der Waals surface area contributed by atoms with Crippen molar-refractivity contribution in [2.75, 3.05) is 0 Å². The standard InChI is InChI=1S/C13H10N2O3/c1-8(16)13-5-3-2-4-10(13)12-11(13)6-9(7-14-12)15(17)18/h2-4,6-7H,5H2,1H3. The number of ketones is 1. The molecule has 18 heavy (non-hydrogen) atoms. The van der Waals surface area contributed by atoms with Crippen molar-refractivity contribution in [1.82, 2.24) is 4.98 Å². The predicted molar refractivity (Wildman–Crippen MR) is 65.0 cm³/mol. The van der Waals surface area contributed by atoms with Crippen molar-refractivity contribution >= 4 is 17.0 Å². The van der Waals surface area contributed by atoms with Gasteiger partial charge >= 0.3 is 0 Å². The molecule has 1 unspecified atom stereocenters. The fourth-order valence-corrected chi connectivity index (χ4v) is 2.75. The van der Waals surface area contributed by atoms with Crippen LogP contribution in [0.25, 0.3) is 5.57 Å². The van der Waals surface area contributed by atoms with Crippen LogP contribution in [0.1, 0.15) is 24.6 Å². The molecule has 0 fully saturated rings. The maximum absolute atomic E-state index is 12.0. The van der Waals surface area contributed by atoms with Crippen LogP contribution in [0.3, 0.4) is 0 Å². The molecule has 0 saturated heterocycles. The summed E-state index contributed by atoms with van der Waals surface area (Å²) in [4.78, 5) is 26.3. The number of rotatable bonds is 2. The zero-order chi connectivity index (χ0) is 12.9. The molecule has 2 aliphatic rings. The Bertz CT molecular complexity index is 646. The lowest BCUT2D eigenvalue weighted by Crippen LogP contribution is -2.45. The molecule has 0 aromatic carbocycles. The van der Waals surface area contributed by atoms with Crippen LogP contribution in [-0.2, 0) is 10.2 Å². The van der Waals surface area contributed by atoms with Crippen LogP contribution in [0.15, 0.2) is 30.5 Å². The van der Waals surface area contributed by atoms with Gasteiger partial charge in [0.25, 0.3) is 5.69 Å². The van der Waals surface area contributed by atoms with Gasteiger partial charge in [0, 0.05) is 11.6 Å². The molecule has 0 saturated carbocycles.